The predicted molar refractivity (Wildman–Crippen MR) is 71.9 cm³/mol. The summed E-state index contributed by atoms with van der Waals surface area (Å²) < 4.78 is 0. The van der Waals surface area contributed by atoms with E-state index in [0.29, 0.717) is 0 Å². The van der Waals surface area contributed by atoms with Gasteiger partial charge < -0.3 is 10.6 Å². The summed E-state index contributed by atoms with van der Waals surface area (Å²) in [6.07, 6.45) is 2.61. The molecule has 0 fully saturated rings. The molecule has 1 aromatic heterocycles. The van der Waals surface area contributed by atoms with Crippen LogP contribution in [0.5, 0.6) is 0 Å². The van der Waals surface area contributed by atoms with Gasteiger partial charge in [0.25, 0.3) is 0 Å². The minimum Gasteiger partial charge on any atom is -0.340 e. The van der Waals surface area contributed by atoms with Gasteiger partial charge in [-0.3, -0.25) is 0 Å². The summed E-state index contributed by atoms with van der Waals surface area (Å²) in [5.41, 5.74) is 4.67. The summed E-state index contributed by atoms with van der Waals surface area (Å²) in [5.74, 6) is 0.941. The lowest BCUT2D eigenvalue weighted by Gasteiger charge is -2.19. The summed E-state index contributed by atoms with van der Waals surface area (Å²) >= 11 is 0. The molecule has 1 aliphatic heterocycles. The second kappa shape index (κ2) is 4.74. The highest BCUT2D eigenvalue weighted by Crippen LogP contribution is 2.24. The fraction of sp³-hybridized carbons (Fsp3) is 0.286. The Labute approximate surface area is 106 Å². The van der Waals surface area contributed by atoms with Gasteiger partial charge in [-0.15, -0.1) is 0 Å². The van der Waals surface area contributed by atoms with E-state index in [-0.39, 0.29) is 0 Å². The third kappa shape index (κ3) is 2.07. The Balaban J connectivity index is 1.96. The minimum absolute atomic E-state index is 0.834. The zero-order chi connectivity index (χ0) is 12.4. The van der Waals surface area contributed by atoms with E-state index in [1.807, 2.05) is 12.1 Å². The van der Waals surface area contributed by atoms with Gasteiger partial charge in [0, 0.05) is 17.8 Å². The zero-order valence-corrected chi connectivity index (χ0v) is 10.4. The molecule has 92 valence electrons. The molecule has 2 aromatic rings. The van der Waals surface area contributed by atoms with Crippen LogP contribution >= 0.6 is 0 Å². The van der Waals surface area contributed by atoms with Crippen LogP contribution in [0, 0.1) is 6.92 Å². The number of aryl methyl sites for hydroxylation is 1. The van der Waals surface area contributed by atoms with Crippen molar-refractivity contribution in [2.45, 2.75) is 19.9 Å². The Morgan fingerprint density at radius 2 is 2.11 bits per heavy atom. The molecule has 0 spiro atoms. The van der Waals surface area contributed by atoms with Crippen molar-refractivity contribution in [2.24, 2.45) is 0 Å². The van der Waals surface area contributed by atoms with E-state index in [1.165, 1.54) is 11.1 Å². The lowest BCUT2D eigenvalue weighted by atomic mass is 10.1. The Kier molecular flexibility index (Phi) is 2.94. The third-order valence-corrected chi connectivity index (χ3v) is 3.28. The molecule has 0 saturated carbocycles. The zero-order valence-electron chi connectivity index (χ0n) is 10.4. The maximum Gasteiger partial charge on any atom is 0.137 e. The number of hydrogen-bond donors (Lipinski definition) is 2. The fourth-order valence-electron chi connectivity index (χ4n) is 2.23. The molecule has 4 nitrogen and oxygen atoms in total. The first-order chi connectivity index (χ1) is 8.84. The van der Waals surface area contributed by atoms with Gasteiger partial charge in [-0.2, -0.15) is 0 Å². The van der Waals surface area contributed by atoms with E-state index in [2.05, 4.69) is 39.7 Å². The second-order valence-electron chi connectivity index (χ2n) is 4.51. The normalized spacial score (nSPS) is 14.1. The Morgan fingerprint density at radius 1 is 1.22 bits per heavy atom. The SMILES string of the molecule is Cc1ccccc1Nc1ncnc2c1CCNC2. The van der Waals surface area contributed by atoms with Gasteiger partial charge in [0.1, 0.15) is 12.1 Å². The van der Waals surface area contributed by atoms with Crippen molar-refractivity contribution in [1.29, 1.82) is 0 Å². The van der Waals surface area contributed by atoms with Gasteiger partial charge in [-0.05, 0) is 31.5 Å². The van der Waals surface area contributed by atoms with Gasteiger partial charge in [0.05, 0.1) is 5.69 Å². The van der Waals surface area contributed by atoms with E-state index in [1.54, 1.807) is 6.33 Å². The molecule has 0 aliphatic carbocycles. The lowest BCUT2D eigenvalue weighted by molar-refractivity contribution is 0.624. The number of nitrogens with one attached hydrogen (secondary N) is 2. The highest BCUT2D eigenvalue weighted by Gasteiger charge is 2.15. The topological polar surface area (TPSA) is 49.8 Å². The maximum absolute atomic E-state index is 4.38. The Hall–Kier alpha value is -1.94. The summed E-state index contributed by atoms with van der Waals surface area (Å²) in [4.78, 5) is 8.71. The first kappa shape index (κ1) is 11.2. The van der Waals surface area contributed by atoms with Crippen LogP contribution in [-0.4, -0.2) is 16.5 Å². The van der Waals surface area contributed by atoms with Gasteiger partial charge in [0.2, 0.25) is 0 Å². The molecule has 3 rings (SSSR count). The minimum atomic E-state index is 0.834. The molecule has 18 heavy (non-hydrogen) atoms. The number of para-hydroxylation sites is 1. The smallest absolute Gasteiger partial charge is 0.137 e. The maximum atomic E-state index is 4.38. The van der Waals surface area contributed by atoms with Crippen molar-refractivity contribution < 1.29 is 0 Å². The van der Waals surface area contributed by atoms with Crippen LogP contribution in [0.3, 0.4) is 0 Å². The summed E-state index contributed by atoms with van der Waals surface area (Å²) in [6.45, 7) is 3.92. The number of aromatic nitrogens is 2. The fourth-order valence-corrected chi connectivity index (χ4v) is 2.23. The van der Waals surface area contributed by atoms with Crippen molar-refractivity contribution in [3.63, 3.8) is 0 Å². The standard InChI is InChI=1S/C14H16N4/c1-10-4-2-3-5-12(10)18-14-11-6-7-15-8-13(11)16-9-17-14/h2-5,9,15H,6-8H2,1H3,(H,16,17,18). The van der Waals surface area contributed by atoms with E-state index in [9.17, 15) is 0 Å². The van der Waals surface area contributed by atoms with E-state index < -0.39 is 0 Å². The summed E-state index contributed by atoms with van der Waals surface area (Å²) in [7, 11) is 0. The molecule has 0 unspecified atom stereocenters. The Morgan fingerprint density at radius 3 is 3.00 bits per heavy atom. The first-order valence-corrected chi connectivity index (χ1v) is 6.21. The molecule has 2 N–H and O–H groups in total. The van der Waals surface area contributed by atoms with Crippen molar-refractivity contribution >= 4 is 11.5 Å². The van der Waals surface area contributed by atoms with Crippen LogP contribution in [-0.2, 0) is 13.0 Å². The number of fused-ring (bicyclic) bond motifs is 1. The molecule has 0 bridgehead atoms. The number of benzene rings is 1. The van der Waals surface area contributed by atoms with Crippen LogP contribution in [0.15, 0.2) is 30.6 Å². The van der Waals surface area contributed by atoms with E-state index in [0.717, 1.165) is 36.7 Å². The van der Waals surface area contributed by atoms with Crippen LogP contribution in [0.1, 0.15) is 16.8 Å². The predicted octanol–water partition coefficient (Wildman–Crippen LogP) is 2.17. The average molecular weight is 240 g/mol. The monoisotopic (exact) mass is 240 g/mol. The highest BCUT2D eigenvalue weighted by atomic mass is 15.0. The molecule has 2 heterocycles. The van der Waals surface area contributed by atoms with Gasteiger partial charge in [0.15, 0.2) is 0 Å². The van der Waals surface area contributed by atoms with Crippen LogP contribution in [0.25, 0.3) is 0 Å². The highest BCUT2D eigenvalue weighted by molar-refractivity contribution is 5.63. The average Bonchev–Trinajstić information content (AvgIpc) is 2.42. The van der Waals surface area contributed by atoms with Gasteiger partial charge in [-0.1, -0.05) is 18.2 Å². The molecular weight excluding hydrogens is 224 g/mol. The molecule has 0 atom stereocenters. The van der Waals surface area contributed by atoms with Crippen LogP contribution < -0.4 is 10.6 Å². The van der Waals surface area contributed by atoms with Crippen LogP contribution in [0.2, 0.25) is 0 Å². The second-order valence-corrected chi connectivity index (χ2v) is 4.51. The number of anilines is 2. The molecule has 0 saturated heterocycles. The van der Waals surface area contributed by atoms with Gasteiger partial charge >= 0.3 is 0 Å². The number of nitrogens with zero attached hydrogens (tertiary/aromatic N) is 2. The lowest BCUT2D eigenvalue weighted by Crippen LogP contribution is -2.25. The van der Waals surface area contributed by atoms with E-state index in [4.69, 9.17) is 0 Å². The molecule has 0 amide bonds. The van der Waals surface area contributed by atoms with Gasteiger partial charge in [-0.25, -0.2) is 9.97 Å². The largest absolute Gasteiger partial charge is 0.340 e. The number of hydrogen-bond acceptors (Lipinski definition) is 4. The number of rotatable bonds is 2. The molecule has 1 aromatic carbocycles. The Bertz CT molecular complexity index is 565. The molecule has 4 heteroatoms. The van der Waals surface area contributed by atoms with E-state index >= 15 is 0 Å². The first-order valence-electron chi connectivity index (χ1n) is 6.21. The summed E-state index contributed by atoms with van der Waals surface area (Å²) in [6, 6.07) is 8.24. The van der Waals surface area contributed by atoms with Crippen LogP contribution in [0.4, 0.5) is 11.5 Å². The molecule has 0 radical (unpaired) electrons. The molecular formula is C14H16N4. The third-order valence-electron chi connectivity index (χ3n) is 3.28. The quantitative estimate of drug-likeness (QED) is 0.844. The molecule has 1 aliphatic rings. The summed E-state index contributed by atoms with van der Waals surface area (Å²) in [5, 5.41) is 6.75. The van der Waals surface area contributed by atoms with Crippen molar-refractivity contribution in [1.82, 2.24) is 15.3 Å². The van der Waals surface area contributed by atoms with Crippen molar-refractivity contribution in [3.8, 4) is 0 Å². The van der Waals surface area contributed by atoms with Crippen molar-refractivity contribution in [3.05, 3.63) is 47.4 Å². The van der Waals surface area contributed by atoms with Crippen molar-refractivity contribution in [2.75, 3.05) is 11.9 Å².